The molecule has 1 amide bonds. The van der Waals surface area contributed by atoms with Crippen molar-refractivity contribution in [2.75, 3.05) is 25.6 Å². The van der Waals surface area contributed by atoms with Crippen LogP contribution >= 0.6 is 11.6 Å². The highest BCUT2D eigenvalue weighted by Crippen LogP contribution is 2.37. The Kier molecular flexibility index (Phi) is 5.83. The number of anilines is 1. The maximum absolute atomic E-state index is 13.7. The van der Waals surface area contributed by atoms with Crippen molar-refractivity contribution >= 4 is 23.2 Å². The van der Waals surface area contributed by atoms with E-state index < -0.39 is 5.82 Å². The summed E-state index contributed by atoms with van der Waals surface area (Å²) in [6, 6.07) is 7.94. The summed E-state index contributed by atoms with van der Waals surface area (Å²) in [6.07, 6.45) is 1.37. The average molecular weight is 380 g/mol. The average Bonchev–Trinajstić information content (AvgIpc) is 2.85. The Morgan fingerprint density at radius 3 is 2.65 bits per heavy atom. The molecule has 0 unspecified atom stereocenters. The number of halogens is 2. The van der Waals surface area contributed by atoms with E-state index in [0.717, 1.165) is 6.42 Å². The Bertz CT molecular complexity index is 812. The van der Waals surface area contributed by atoms with Crippen molar-refractivity contribution in [2.45, 2.75) is 19.3 Å². The van der Waals surface area contributed by atoms with Crippen molar-refractivity contribution in [3.8, 4) is 17.2 Å². The quantitative estimate of drug-likeness (QED) is 0.845. The topological polar surface area (TPSA) is 56.8 Å². The number of hydrogen-bond donors (Lipinski definition) is 1. The van der Waals surface area contributed by atoms with Crippen molar-refractivity contribution in [1.29, 1.82) is 0 Å². The first-order chi connectivity index (χ1) is 12.6. The highest BCUT2D eigenvalue weighted by Gasteiger charge is 2.15. The van der Waals surface area contributed by atoms with Gasteiger partial charge in [-0.05, 0) is 24.1 Å². The van der Waals surface area contributed by atoms with Gasteiger partial charge in [0, 0.05) is 25.0 Å². The first kappa shape index (κ1) is 18.3. The molecule has 0 aromatic heterocycles. The van der Waals surface area contributed by atoms with Crippen LogP contribution in [0.15, 0.2) is 30.3 Å². The third-order valence-electron chi connectivity index (χ3n) is 3.97. The Morgan fingerprint density at radius 1 is 1.23 bits per heavy atom. The van der Waals surface area contributed by atoms with Gasteiger partial charge in [-0.3, -0.25) is 4.79 Å². The van der Waals surface area contributed by atoms with Crippen molar-refractivity contribution in [3.05, 3.63) is 46.7 Å². The lowest BCUT2D eigenvalue weighted by molar-refractivity contribution is -0.116. The van der Waals surface area contributed by atoms with E-state index in [2.05, 4.69) is 5.32 Å². The number of carbonyl (C=O) groups is 1. The van der Waals surface area contributed by atoms with E-state index in [-0.39, 0.29) is 18.1 Å². The molecule has 0 saturated heterocycles. The van der Waals surface area contributed by atoms with Crippen LogP contribution in [0.5, 0.6) is 17.2 Å². The molecule has 1 N–H and O–H groups in total. The van der Waals surface area contributed by atoms with E-state index in [9.17, 15) is 9.18 Å². The molecule has 7 heteroatoms. The number of amides is 1. The number of methoxy groups -OCH3 is 1. The third kappa shape index (κ3) is 4.38. The molecule has 1 heterocycles. The van der Waals surface area contributed by atoms with Crippen LogP contribution in [-0.4, -0.2) is 26.2 Å². The highest BCUT2D eigenvalue weighted by atomic mass is 35.5. The van der Waals surface area contributed by atoms with E-state index in [4.69, 9.17) is 25.8 Å². The predicted octanol–water partition coefficient (Wildman–Crippen LogP) is 4.22. The lowest BCUT2D eigenvalue weighted by atomic mass is 10.1. The monoisotopic (exact) mass is 379 g/mol. The highest BCUT2D eigenvalue weighted by molar-refractivity contribution is 6.34. The fraction of sp³-hybridized carbons (Fsp3) is 0.316. The van der Waals surface area contributed by atoms with Crippen LogP contribution in [0.4, 0.5) is 10.1 Å². The smallest absolute Gasteiger partial charge is 0.224 e. The van der Waals surface area contributed by atoms with Gasteiger partial charge >= 0.3 is 0 Å². The number of benzene rings is 2. The van der Waals surface area contributed by atoms with Crippen LogP contribution < -0.4 is 19.5 Å². The maximum Gasteiger partial charge on any atom is 0.224 e. The van der Waals surface area contributed by atoms with E-state index in [1.165, 1.54) is 13.2 Å². The van der Waals surface area contributed by atoms with Gasteiger partial charge in [0.2, 0.25) is 5.91 Å². The standard InChI is InChI=1S/C19H19ClFNO4/c1-24-16-5-3-12(9-14(16)21)4-6-19(23)22-15-11-18-17(10-13(15)20)25-7-2-8-26-18/h3,5,9-11H,2,4,6-8H2,1H3,(H,22,23). The molecule has 2 aromatic rings. The van der Waals surface area contributed by atoms with Crippen LogP contribution in [0.3, 0.4) is 0 Å². The van der Waals surface area contributed by atoms with Gasteiger partial charge in [-0.1, -0.05) is 17.7 Å². The van der Waals surface area contributed by atoms with Gasteiger partial charge in [0.05, 0.1) is 31.0 Å². The third-order valence-corrected chi connectivity index (χ3v) is 4.28. The summed E-state index contributed by atoms with van der Waals surface area (Å²) in [5.41, 5.74) is 1.17. The number of fused-ring (bicyclic) bond motifs is 1. The van der Waals surface area contributed by atoms with Gasteiger partial charge in [0.25, 0.3) is 0 Å². The van der Waals surface area contributed by atoms with Crippen LogP contribution in [0.1, 0.15) is 18.4 Å². The molecule has 0 spiro atoms. The van der Waals surface area contributed by atoms with E-state index in [0.29, 0.717) is 47.4 Å². The van der Waals surface area contributed by atoms with Crippen molar-refractivity contribution in [3.63, 3.8) is 0 Å². The van der Waals surface area contributed by atoms with Gasteiger partial charge in [0.15, 0.2) is 23.1 Å². The van der Waals surface area contributed by atoms with Crippen LogP contribution in [0.25, 0.3) is 0 Å². The summed E-state index contributed by atoms with van der Waals surface area (Å²) in [7, 11) is 1.41. The Labute approximate surface area is 156 Å². The van der Waals surface area contributed by atoms with Gasteiger partial charge < -0.3 is 19.5 Å². The minimum absolute atomic E-state index is 0.178. The molecule has 0 fully saturated rings. The normalized spacial score (nSPS) is 13.0. The first-order valence-electron chi connectivity index (χ1n) is 8.28. The van der Waals surface area contributed by atoms with Gasteiger partial charge in [-0.25, -0.2) is 4.39 Å². The van der Waals surface area contributed by atoms with Gasteiger partial charge in [-0.2, -0.15) is 0 Å². The largest absolute Gasteiger partial charge is 0.494 e. The second kappa shape index (κ2) is 8.27. The molecule has 0 aliphatic carbocycles. The van der Waals surface area contributed by atoms with E-state index in [1.807, 2.05) is 0 Å². The molecule has 138 valence electrons. The number of rotatable bonds is 5. The number of hydrogen-bond acceptors (Lipinski definition) is 4. The molecule has 26 heavy (non-hydrogen) atoms. The molecule has 3 rings (SSSR count). The van der Waals surface area contributed by atoms with Crippen LogP contribution in [0, 0.1) is 5.82 Å². The molecule has 0 radical (unpaired) electrons. The summed E-state index contributed by atoms with van der Waals surface area (Å²) in [5, 5.41) is 3.14. The zero-order valence-electron chi connectivity index (χ0n) is 14.3. The fourth-order valence-corrected chi connectivity index (χ4v) is 2.82. The van der Waals surface area contributed by atoms with Gasteiger partial charge in [0.1, 0.15) is 0 Å². The SMILES string of the molecule is COc1ccc(CCC(=O)Nc2cc3c(cc2Cl)OCCCO3)cc1F. The second-order valence-corrected chi connectivity index (χ2v) is 6.25. The fourth-order valence-electron chi connectivity index (χ4n) is 2.62. The predicted molar refractivity (Wildman–Crippen MR) is 97.0 cm³/mol. The number of carbonyl (C=O) groups excluding carboxylic acids is 1. The summed E-state index contributed by atoms with van der Waals surface area (Å²) >= 11 is 6.22. The minimum atomic E-state index is -0.448. The van der Waals surface area contributed by atoms with Crippen molar-refractivity contribution in [2.24, 2.45) is 0 Å². The molecule has 0 bridgehead atoms. The lowest BCUT2D eigenvalue weighted by Crippen LogP contribution is -2.13. The molecular formula is C19H19ClFNO4. The van der Waals surface area contributed by atoms with E-state index >= 15 is 0 Å². The van der Waals surface area contributed by atoms with Crippen molar-refractivity contribution in [1.82, 2.24) is 0 Å². The summed E-state index contributed by atoms with van der Waals surface area (Å²) < 4.78 is 29.7. The maximum atomic E-state index is 13.7. The minimum Gasteiger partial charge on any atom is -0.494 e. The zero-order chi connectivity index (χ0) is 18.5. The Balaban J connectivity index is 1.63. The summed E-state index contributed by atoms with van der Waals surface area (Å²) in [6.45, 7) is 1.11. The Hall–Kier alpha value is -2.47. The number of ether oxygens (including phenoxy) is 3. The number of nitrogens with one attached hydrogen (secondary N) is 1. The van der Waals surface area contributed by atoms with Gasteiger partial charge in [-0.15, -0.1) is 0 Å². The molecule has 1 aliphatic heterocycles. The molecule has 5 nitrogen and oxygen atoms in total. The molecule has 1 aliphatic rings. The second-order valence-electron chi connectivity index (χ2n) is 5.85. The lowest BCUT2D eigenvalue weighted by Gasteiger charge is -2.12. The molecule has 0 atom stereocenters. The summed E-state index contributed by atoms with van der Waals surface area (Å²) in [4.78, 5) is 12.2. The number of aryl methyl sites for hydroxylation is 1. The van der Waals surface area contributed by atoms with Crippen LogP contribution in [0.2, 0.25) is 5.02 Å². The van der Waals surface area contributed by atoms with Crippen LogP contribution in [-0.2, 0) is 11.2 Å². The zero-order valence-corrected chi connectivity index (χ0v) is 15.1. The van der Waals surface area contributed by atoms with E-state index in [1.54, 1.807) is 24.3 Å². The molecule has 0 saturated carbocycles. The molecule has 2 aromatic carbocycles. The summed E-state index contributed by atoms with van der Waals surface area (Å²) in [5.74, 6) is 0.629. The first-order valence-corrected chi connectivity index (χ1v) is 8.66. The Morgan fingerprint density at radius 2 is 1.96 bits per heavy atom. The molecular weight excluding hydrogens is 361 g/mol. The van der Waals surface area contributed by atoms with Crippen molar-refractivity contribution < 1.29 is 23.4 Å².